The van der Waals surface area contributed by atoms with Gasteiger partial charge in [-0.15, -0.1) is 0 Å². The lowest BCUT2D eigenvalue weighted by molar-refractivity contribution is -0.147. The predicted octanol–water partition coefficient (Wildman–Crippen LogP) is 1.68. The molecule has 4 aliphatic rings. The van der Waals surface area contributed by atoms with Gasteiger partial charge in [0.2, 0.25) is 0 Å². The van der Waals surface area contributed by atoms with Crippen molar-refractivity contribution in [1.29, 1.82) is 0 Å². The third-order valence-electron chi connectivity index (χ3n) is 7.92. The van der Waals surface area contributed by atoms with Crippen molar-refractivity contribution in [2.75, 3.05) is 66.5 Å². The summed E-state index contributed by atoms with van der Waals surface area (Å²) < 4.78 is 0. The Kier molecular flexibility index (Phi) is 5.44. The lowest BCUT2D eigenvalue weighted by Crippen LogP contribution is -2.68. The van der Waals surface area contributed by atoms with E-state index < -0.39 is 0 Å². The summed E-state index contributed by atoms with van der Waals surface area (Å²) in [5.41, 5.74) is -0.316. The van der Waals surface area contributed by atoms with E-state index in [0.29, 0.717) is 5.78 Å². The van der Waals surface area contributed by atoms with Crippen LogP contribution in [-0.4, -0.2) is 103 Å². The fourth-order valence-corrected chi connectivity index (χ4v) is 6.20. The number of Topliss-reactive ketones (excluding diaryl/α,β-unsaturated/α-hetero) is 1. The van der Waals surface area contributed by atoms with Crippen LogP contribution in [0.1, 0.15) is 51.4 Å². The van der Waals surface area contributed by atoms with Crippen LogP contribution in [0.4, 0.5) is 0 Å². The van der Waals surface area contributed by atoms with Crippen LogP contribution in [-0.2, 0) is 4.79 Å². The molecule has 2 aliphatic heterocycles. The SMILES string of the molecule is CN1CCN(C2(C(=O)C3(N4CCN(C)CC4)CCCC3)CCCC2)CC1. The fourth-order valence-electron chi connectivity index (χ4n) is 6.20. The first kappa shape index (κ1) is 18.9. The number of carbonyl (C=O) groups excluding carboxylic acids is 1. The minimum Gasteiger partial charge on any atom is -0.304 e. The molecule has 0 aromatic heterocycles. The van der Waals surface area contributed by atoms with Crippen molar-refractivity contribution < 1.29 is 4.79 Å². The molecule has 26 heavy (non-hydrogen) atoms. The fraction of sp³-hybridized carbons (Fsp3) is 0.952. The summed E-state index contributed by atoms with van der Waals surface area (Å²) in [6.07, 6.45) is 9.34. The van der Waals surface area contributed by atoms with Gasteiger partial charge in [-0.05, 0) is 39.8 Å². The molecule has 0 atom stereocenters. The topological polar surface area (TPSA) is 30.0 Å². The van der Waals surface area contributed by atoms with Gasteiger partial charge in [-0.25, -0.2) is 0 Å². The maximum absolute atomic E-state index is 14.3. The zero-order chi connectivity index (χ0) is 18.2. The molecule has 2 saturated heterocycles. The maximum Gasteiger partial charge on any atom is 0.173 e. The Balaban J connectivity index is 1.61. The molecule has 2 aliphatic carbocycles. The van der Waals surface area contributed by atoms with E-state index in [1.165, 1.54) is 25.7 Å². The Morgan fingerprint density at radius 2 is 0.885 bits per heavy atom. The van der Waals surface area contributed by atoms with E-state index in [9.17, 15) is 4.79 Å². The van der Waals surface area contributed by atoms with Crippen LogP contribution in [0, 0.1) is 0 Å². The van der Waals surface area contributed by atoms with Gasteiger partial charge in [0, 0.05) is 52.4 Å². The lowest BCUT2D eigenvalue weighted by atomic mass is 9.75. The summed E-state index contributed by atoms with van der Waals surface area (Å²) in [7, 11) is 4.42. The van der Waals surface area contributed by atoms with E-state index in [1.807, 2.05) is 0 Å². The highest BCUT2D eigenvalue weighted by molar-refractivity contribution is 5.97. The number of rotatable bonds is 4. The molecule has 5 heteroatoms. The van der Waals surface area contributed by atoms with Crippen molar-refractivity contribution in [3.63, 3.8) is 0 Å². The van der Waals surface area contributed by atoms with Crippen molar-refractivity contribution in [3.05, 3.63) is 0 Å². The van der Waals surface area contributed by atoms with Crippen molar-refractivity contribution >= 4 is 5.78 Å². The predicted molar refractivity (Wildman–Crippen MR) is 106 cm³/mol. The summed E-state index contributed by atoms with van der Waals surface area (Å²) >= 11 is 0. The number of carbonyl (C=O) groups is 1. The van der Waals surface area contributed by atoms with E-state index in [4.69, 9.17) is 0 Å². The van der Waals surface area contributed by atoms with Gasteiger partial charge in [0.05, 0.1) is 11.1 Å². The van der Waals surface area contributed by atoms with Crippen molar-refractivity contribution in [2.24, 2.45) is 0 Å². The molecular weight excluding hydrogens is 324 g/mol. The summed E-state index contributed by atoms with van der Waals surface area (Å²) in [5.74, 6) is 0.620. The number of ketones is 1. The van der Waals surface area contributed by atoms with E-state index in [2.05, 4.69) is 33.7 Å². The highest BCUT2D eigenvalue weighted by atomic mass is 16.1. The van der Waals surface area contributed by atoms with Gasteiger partial charge in [0.1, 0.15) is 0 Å². The zero-order valence-corrected chi connectivity index (χ0v) is 17.0. The summed E-state index contributed by atoms with van der Waals surface area (Å²) in [4.78, 5) is 24.4. The Morgan fingerprint density at radius 1 is 0.577 bits per heavy atom. The standard InChI is InChI=1S/C21H38N4O/c1-22-11-15-24(16-12-22)20(7-3-4-8-20)19(26)21(9-5-6-10-21)25-17-13-23(2)14-18-25/h3-18H2,1-2H3. The van der Waals surface area contributed by atoms with Gasteiger partial charge in [0.25, 0.3) is 0 Å². The smallest absolute Gasteiger partial charge is 0.173 e. The molecule has 2 heterocycles. The molecule has 0 bridgehead atoms. The molecule has 2 saturated carbocycles. The van der Waals surface area contributed by atoms with E-state index in [-0.39, 0.29) is 11.1 Å². The average molecular weight is 363 g/mol. The Morgan fingerprint density at radius 3 is 1.19 bits per heavy atom. The highest BCUT2D eigenvalue weighted by Gasteiger charge is 2.57. The number of hydrogen-bond donors (Lipinski definition) is 0. The summed E-state index contributed by atoms with van der Waals surface area (Å²) in [6.45, 7) is 8.71. The number of piperazine rings is 2. The van der Waals surface area contributed by atoms with Crippen molar-refractivity contribution in [3.8, 4) is 0 Å². The second-order valence-electron chi connectivity index (χ2n) is 9.39. The van der Waals surface area contributed by atoms with Crippen LogP contribution in [0.3, 0.4) is 0 Å². The largest absolute Gasteiger partial charge is 0.304 e. The second kappa shape index (κ2) is 7.50. The normalized spacial score (nSPS) is 31.5. The first-order valence-corrected chi connectivity index (χ1v) is 11.0. The molecule has 0 aromatic rings. The Hall–Kier alpha value is -0.490. The van der Waals surface area contributed by atoms with Crippen molar-refractivity contribution in [1.82, 2.24) is 19.6 Å². The first-order valence-electron chi connectivity index (χ1n) is 11.0. The third kappa shape index (κ3) is 3.15. The molecule has 0 spiro atoms. The van der Waals surface area contributed by atoms with Crippen LogP contribution in [0.25, 0.3) is 0 Å². The molecule has 4 fully saturated rings. The van der Waals surface area contributed by atoms with Crippen LogP contribution < -0.4 is 0 Å². The van der Waals surface area contributed by atoms with Crippen LogP contribution in [0.2, 0.25) is 0 Å². The van der Waals surface area contributed by atoms with Gasteiger partial charge >= 0.3 is 0 Å². The van der Waals surface area contributed by atoms with E-state index in [0.717, 1.165) is 78.0 Å². The van der Waals surface area contributed by atoms with Gasteiger partial charge in [-0.3, -0.25) is 14.6 Å². The molecular formula is C21H38N4O. The van der Waals surface area contributed by atoms with Crippen molar-refractivity contribution in [2.45, 2.75) is 62.4 Å². The molecule has 0 amide bonds. The van der Waals surface area contributed by atoms with E-state index in [1.54, 1.807) is 0 Å². The van der Waals surface area contributed by atoms with Crippen LogP contribution in [0.5, 0.6) is 0 Å². The summed E-state index contributed by atoms with van der Waals surface area (Å²) in [6, 6.07) is 0. The molecule has 5 nitrogen and oxygen atoms in total. The molecule has 148 valence electrons. The number of hydrogen-bond acceptors (Lipinski definition) is 5. The molecule has 0 N–H and O–H groups in total. The average Bonchev–Trinajstić information content (AvgIpc) is 3.33. The van der Waals surface area contributed by atoms with Gasteiger partial charge in [-0.2, -0.15) is 0 Å². The maximum atomic E-state index is 14.3. The lowest BCUT2D eigenvalue weighted by Gasteiger charge is -2.52. The number of likely N-dealkylation sites (N-methyl/N-ethyl adjacent to an activating group) is 2. The molecule has 0 aromatic carbocycles. The number of nitrogens with zero attached hydrogens (tertiary/aromatic N) is 4. The molecule has 4 rings (SSSR count). The minimum absolute atomic E-state index is 0.158. The Labute approximate surface area is 159 Å². The van der Waals surface area contributed by atoms with Gasteiger partial charge < -0.3 is 9.80 Å². The zero-order valence-electron chi connectivity index (χ0n) is 17.0. The monoisotopic (exact) mass is 362 g/mol. The highest BCUT2D eigenvalue weighted by Crippen LogP contribution is 2.46. The van der Waals surface area contributed by atoms with Crippen LogP contribution >= 0.6 is 0 Å². The molecule has 0 radical (unpaired) electrons. The second-order valence-corrected chi connectivity index (χ2v) is 9.39. The van der Waals surface area contributed by atoms with Gasteiger partial charge in [-0.1, -0.05) is 25.7 Å². The Bertz CT molecular complexity index is 450. The first-order chi connectivity index (χ1) is 12.6. The third-order valence-corrected chi connectivity index (χ3v) is 7.92. The minimum atomic E-state index is -0.158. The quantitative estimate of drug-likeness (QED) is 0.759. The molecule has 0 unspecified atom stereocenters. The van der Waals surface area contributed by atoms with E-state index >= 15 is 0 Å². The van der Waals surface area contributed by atoms with Gasteiger partial charge in [0.15, 0.2) is 5.78 Å². The summed E-state index contributed by atoms with van der Waals surface area (Å²) in [5, 5.41) is 0. The van der Waals surface area contributed by atoms with Crippen LogP contribution in [0.15, 0.2) is 0 Å².